The van der Waals surface area contributed by atoms with E-state index in [9.17, 15) is 81.1 Å². The number of carbonyl (C=O) groups is 2. The number of fused-ring (bicyclic) bond motifs is 1. The first-order chi connectivity index (χ1) is 39.2. The van der Waals surface area contributed by atoms with Crippen LogP contribution in [0.2, 0.25) is 0 Å². The first-order valence-corrected chi connectivity index (χ1v) is 24.9. The summed E-state index contributed by atoms with van der Waals surface area (Å²) in [6.45, 7) is -2.62. The van der Waals surface area contributed by atoms with Gasteiger partial charge in [0.2, 0.25) is 18.3 Å². The number of benzene rings is 3. The van der Waals surface area contributed by atoms with Gasteiger partial charge in [0.15, 0.2) is 64.5 Å². The van der Waals surface area contributed by atoms with Crippen LogP contribution in [-0.4, -0.2) is 223 Å². The molecule has 1 aliphatic carbocycles. The molecule has 0 saturated carbocycles. The summed E-state index contributed by atoms with van der Waals surface area (Å²) in [5.74, 6) is -5.50. The number of aromatic hydroxyl groups is 4. The predicted octanol–water partition coefficient (Wildman–Crippen LogP) is -1.15. The number of hydrogen-bond donors (Lipinski definition) is 14. The van der Waals surface area contributed by atoms with Gasteiger partial charge < -0.3 is 128 Å². The van der Waals surface area contributed by atoms with E-state index in [2.05, 4.69) is 0 Å². The molecule has 82 heavy (non-hydrogen) atoms. The van der Waals surface area contributed by atoms with E-state index in [1.807, 2.05) is 0 Å². The van der Waals surface area contributed by atoms with E-state index < -0.39 is 153 Å². The van der Waals surface area contributed by atoms with Gasteiger partial charge in [0.05, 0.1) is 34.5 Å². The quantitative estimate of drug-likeness (QED) is 0.0383. The number of carbonyl (C=O) groups excluding carboxylic acids is 2. The topological polar surface area (TPSA) is 428 Å². The van der Waals surface area contributed by atoms with Gasteiger partial charge in [0, 0.05) is 35.4 Å². The predicted molar refractivity (Wildman–Crippen MR) is 272 cm³/mol. The van der Waals surface area contributed by atoms with E-state index in [1.165, 1.54) is 82.0 Å². The molecule has 4 aliphatic heterocycles. The monoisotopic (exact) mass is 1160 g/mol. The highest BCUT2D eigenvalue weighted by Gasteiger charge is 2.54. The zero-order valence-electron chi connectivity index (χ0n) is 43.5. The summed E-state index contributed by atoms with van der Waals surface area (Å²) in [4.78, 5) is 26.7. The van der Waals surface area contributed by atoms with Gasteiger partial charge in [-0.3, -0.25) is 0 Å². The molecule has 3 aromatic carbocycles. The summed E-state index contributed by atoms with van der Waals surface area (Å²) in [5, 5.41) is 150. The Morgan fingerprint density at radius 2 is 1.16 bits per heavy atom. The third-order valence-electron chi connectivity index (χ3n) is 13.5. The summed E-state index contributed by atoms with van der Waals surface area (Å²) in [6.07, 6.45) is -22.5. The number of esters is 2. The fraction of sp³-hybridized carbons (Fsp3) is 0.407. The number of methoxy groups -OCH3 is 3. The lowest BCUT2D eigenvalue weighted by Crippen LogP contribution is -2.65. The van der Waals surface area contributed by atoms with Crippen LogP contribution in [-0.2, 0) is 52.2 Å². The maximum absolute atomic E-state index is 13.5. The second kappa shape index (κ2) is 26.1. The molecule has 0 amide bonds. The van der Waals surface area contributed by atoms with Gasteiger partial charge in [-0.15, -0.1) is 0 Å². The molecule has 5 aliphatic rings. The first-order valence-electron chi connectivity index (χ1n) is 24.9. The van der Waals surface area contributed by atoms with Crippen LogP contribution < -0.4 is 14.2 Å². The number of hydrogen-bond acceptors (Lipinski definition) is 28. The zero-order chi connectivity index (χ0) is 59.3. The third-order valence-corrected chi connectivity index (χ3v) is 13.5. The number of ether oxygens (including phenoxy) is 12. The number of aliphatic hydroxyl groups excluding tert-OH is 10. The highest BCUT2D eigenvalue weighted by atomic mass is 16.8. The molecule has 28 nitrogen and oxygen atoms in total. The minimum Gasteiger partial charge on any atom is -0.508 e. The molecule has 3 fully saturated rings. The average Bonchev–Trinajstić information content (AvgIpc) is 3.47. The molecule has 4 heterocycles. The Kier molecular flexibility index (Phi) is 19.2. The van der Waals surface area contributed by atoms with Crippen molar-refractivity contribution in [1.29, 1.82) is 0 Å². The van der Waals surface area contributed by atoms with Gasteiger partial charge in [-0.2, -0.15) is 0 Å². The average molecular weight is 1160 g/mol. The van der Waals surface area contributed by atoms with Gasteiger partial charge in [0.25, 0.3) is 0 Å². The van der Waals surface area contributed by atoms with Crippen molar-refractivity contribution < 1.29 is 138 Å². The van der Waals surface area contributed by atoms with E-state index in [-0.39, 0.29) is 57.0 Å². The van der Waals surface area contributed by atoms with Gasteiger partial charge in [-0.05, 0) is 71.8 Å². The highest BCUT2D eigenvalue weighted by molar-refractivity contribution is 5.88. The number of aliphatic hydroxyl groups is 10. The molecule has 8 rings (SSSR count). The second-order valence-corrected chi connectivity index (χ2v) is 18.8. The smallest absolute Gasteiger partial charge is 0.331 e. The molecular weight excluding hydrogens is 1100 g/mol. The van der Waals surface area contributed by atoms with Crippen LogP contribution in [0.3, 0.4) is 0 Å². The van der Waals surface area contributed by atoms with E-state index in [4.69, 9.17) is 56.8 Å². The maximum atomic E-state index is 13.5. The molecule has 3 saturated heterocycles. The van der Waals surface area contributed by atoms with Crippen LogP contribution >= 0.6 is 0 Å². The summed E-state index contributed by atoms with van der Waals surface area (Å²) in [5.41, 5.74) is 0.540. The van der Waals surface area contributed by atoms with Crippen molar-refractivity contribution in [3.8, 4) is 40.2 Å². The Balaban J connectivity index is 1.16. The van der Waals surface area contributed by atoms with E-state index in [0.29, 0.717) is 5.56 Å². The lowest BCUT2D eigenvalue weighted by molar-refractivity contribution is -0.363. The molecule has 0 bridgehead atoms. The standard InChI is InChI=1S/C54H60O28/c1-71-32-12-22(4-8-28(32)59)5-10-39(61)74-21-38-44(66)47(69)51(82-54-50(46(68)43(65)37(20-56)79-54)81-40(62)11-6-23-13-33(72-2)41(63)34(14-23)73-3)53(80-38)77-35-18-26-30(75-49(35)24-7-9-27(58)29(60)15-24)16-25(57)17-31(26)76-52-48(70)45(67)42(64)36(19-55)78-52/h4-18,30,36-38,42-48,50-60,63-70H,19-21H2,1-3H3. The fourth-order valence-electron chi connectivity index (χ4n) is 9.02. The van der Waals surface area contributed by atoms with Crippen molar-refractivity contribution in [2.24, 2.45) is 0 Å². The third kappa shape index (κ3) is 13.1. The molecule has 16 atom stereocenters. The van der Waals surface area contributed by atoms with Gasteiger partial charge in [-0.25, -0.2) is 9.59 Å². The number of rotatable bonds is 19. The summed E-state index contributed by atoms with van der Waals surface area (Å²) >= 11 is 0. The van der Waals surface area contributed by atoms with Crippen molar-refractivity contribution >= 4 is 29.8 Å². The Morgan fingerprint density at radius 1 is 0.573 bits per heavy atom. The summed E-state index contributed by atoms with van der Waals surface area (Å²) in [6, 6.07) is 10.3. The maximum Gasteiger partial charge on any atom is 0.331 e. The Hall–Kier alpha value is -7.68. The van der Waals surface area contributed by atoms with Crippen LogP contribution in [0.15, 0.2) is 102 Å². The van der Waals surface area contributed by atoms with E-state index >= 15 is 0 Å². The summed E-state index contributed by atoms with van der Waals surface area (Å²) < 4.78 is 69.0. The number of phenolic OH excluding ortho intramolecular Hbond substituents is 4. The van der Waals surface area contributed by atoms with Crippen LogP contribution in [0.5, 0.6) is 40.2 Å². The molecule has 28 heteroatoms. The van der Waals surface area contributed by atoms with Crippen molar-refractivity contribution in [3.63, 3.8) is 0 Å². The van der Waals surface area contributed by atoms with Crippen LogP contribution in [0.25, 0.3) is 17.9 Å². The van der Waals surface area contributed by atoms with Crippen molar-refractivity contribution in [3.05, 3.63) is 118 Å². The Bertz CT molecular complexity index is 2960. The van der Waals surface area contributed by atoms with Crippen LogP contribution in [0, 0.1) is 0 Å². The lowest BCUT2D eigenvalue weighted by atomic mass is 9.95. The number of phenols is 4. The molecule has 444 valence electrons. The molecule has 16 unspecified atom stereocenters. The van der Waals surface area contributed by atoms with Crippen molar-refractivity contribution in [2.75, 3.05) is 41.2 Å². The van der Waals surface area contributed by atoms with Gasteiger partial charge >= 0.3 is 11.9 Å². The summed E-state index contributed by atoms with van der Waals surface area (Å²) in [7, 11) is 3.86. The Labute approximate surface area is 464 Å². The lowest BCUT2D eigenvalue weighted by Gasteiger charge is -2.46. The van der Waals surface area contributed by atoms with Crippen molar-refractivity contribution in [2.45, 2.75) is 98.2 Å². The Morgan fingerprint density at radius 3 is 1.82 bits per heavy atom. The highest BCUT2D eigenvalue weighted by Crippen LogP contribution is 2.43. The number of allylic oxidation sites excluding steroid dienone is 2. The van der Waals surface area contributed by atoms with E-state index in [0.717, 1.165) is 30.4 Å². The zero-order valence-corrected chi connectivity index (χ0v) is 43.5. The van der Waals surface area contributed by atoms with Crippen LogP contribution in [0.4, 0.5) is 0 Å². The molecule has 3 aromatic rings. The van der Waals surface area contributed by atoms with Gasteiger partial charge in [-0.1, -0.05) is 6.07 Å². The normalized spacial score (nSPS) is 31.0. The minimum absolute atomic E-state index is 0.0281. The second-order valence-electron chi connectivity index (χ2n) is 18.8. The van der Waals surface area contributed by atoms with Crippen molar-refractivity contribution in [1.82, 2.24) is 0 Å². The van der Waals surface area contributed by atoms with Gasteiger partial charge in [0.1, 0.15) is 85.3 Å². The van der Waals surface area contributed by atoms with Crippen LogP contribution in [0.1, 0.15) is 16.7 Å². The molecule has 0 aromatic heterocycles. The SMILES string of the molecule is COc1cc(C=CC(=O)OCC2OC(OC3=C(c4ccc(O)c(O)c4)OC4C=C(O)C=C(OC5OC(CO)C(O)C(O)C5O)C4=C3)C(OC3OC(CO)C(O)C(O)C3OC(=O)C=Cc3cc(OC)c(O)c(OC)c3)C(O)C2O)ccc1O. The van der Waals surface area contributed by atoms with E-state index in [1.54, 1.807) is 0 Å². The molecule has 0 spiro atoms. The molecular formula is C54H60O28. The first kappa shape index (κ1) is 60.4. The fourth-order valence-corrected chi connectivity index (χ4v) is 9.02. The molecule has 14 N–H and O–H groups in total. The largest absolute Gasteiger partial charge is 0.508 e. The minimum atomic E-state index is -2.20. The molecule has 0 radical (unpaired) electrons.